The number of hydrogen-bond acceptors (Lipinski definition) is 4. The topological polar surface area (TPSA) is 70.7 Å². The molecule has 0 fully saturated rings. The van der Waals surface area contributed by atoms with Crippen molar-refractivity contribution >= 4 is 29.1 Å². The van der Waals surface area contributed by atoms with Crippen LogP contribution in [0.25, 0.3) is 0 Å². The molecule has 6 nitrogen and oxygen atoms in total. The van der Waals surface area contributed by atoms with Crippen LogP contribution >= 0.6 is 0 Å². The number of nitrogens with one attached hydrogen (secondary N) is 2. The van der Waals surface area contributed by atoms with E-state index < -0.39 is 6.09 Å². The number of carbonyl (C=O) groups excluding carboxylic acids is 2. The third kappa shape index (κ3) is 6.30. The van der Waals surface area contributed by atoms with Crippen LogP contribution < -0.4 is 15.5 Å². The fourth-order valence-corrected chi connectivity index (χ4v) is 2.69. The van der Waals surface area contributed by atoms with E-state index in [2.05, 4.69) is 29.4 Å². The van der Waals surface area contributed by atoms with Crippen molar-refractivity contribution in [2.75, 3.05) is 35.2 Å². The van der Waals surface area contributed by atoms with Crippen molar-refractivity contribution in [1.29, 1.82) is 0 Å². The largest absolute Gasteiger partial charge is 0.449 e. The van der Waals surface area contributed by atoms with E-state index >= 15 is 0 Å². The molecule has 0 bridgehead atoms. The summed E-state index contributed by atoms with van der Waals surface area (Å²) in [7, 11) is 0. The average Bonchev–Trinajstić information content (AvgIpc) is 2.68. The Kier molecular flexibility index (Phi) is 7.87. The van der Waals surface area contributed by atoms with Gasteiger partial charge in [-0.25, -0.2) is 4.79 Å². The van der Waals surface area contributed by atoms with E-state index in [1.807, 2.05) is 38.1 Å². The van der Waals surface area contributed by atoms with Crippen LogP contribution in [-0.2, 0) is 4.74 Å². The minimum absolute atomic E-state index is 0.203. The molecule has 2 aromatic rings. The molecule has 150 valence electrons. The molecule has 0 unspecified atom stereocenters. The Labute approximate surface area is 166 Å². The van der Waals surface area contributed by atoms with E-state index in [-0.39, 0.29) is 11.8 Å². The van der Waals surface area contributed by atoms with E-state index in [4.69, 9.17) is 4.74 Å². The van der Waals surface area contributed by atoms with E-state index in [9.17, 15) is 9.59 Å². The van der Waals surface area contributed by atoms with Gasteiger partial charge in [0.05, 0.1) is 6.61 Å². The quantitative estimate of drug-likeness (QED) is 0.674. The van der Waals surface area contributed by atoms with E-state index in [1.54, 1.807) is 24.3 Å². The highest BCUT2D eigenvalue weighted by molar-refractivity contribution is 6.04. The molecule has 0 spiro atoms. The zero-order chi connectivity index (χ0) is 20.5. The summed E-state index contributed by atoms with van der Waals surface area (Å²) in [6.45, 7) is 10.3. The Morgan fingerprint density at radius 3 is 2.14 bits per heavy atom. The lowest BCUT2D eigenvalue weighted by atomic mass is 10.1. The highest BCUT2D eigenvalue weighted by atomic mass is 16.5. The molecule has 2 amide bonds. The molecule has 2 aromatic carbocycles. The first-order chi connectivity index (χ1) is 13.4. The fourth-order valence-electron chi connectivity index (χ4n) is 2.69. The Morgan fingerprint density at radius 1 is 0.964 bits per heavy atom. The van der Waals surface area contributed by atoms with Gasteiger partial charge in [0.25, 0.3) is 5.91 Å². The molecule has 6 heteroatoms. The van der Waals surface area contributed by atoms with Gasteiger partial charge in [-0.1, -0.05) is 19.9 Å². The van der Waals surface area contributed by atoms with Crippen LogP contribution in [0, 0.1) is 5.92 Å². The van der Waals surface area contributed by atoms with Crippen molar-refractivity contribution in [2.24, 2.45) is 5.92 Å². The van der Waals surface area contributed by atoms with Gasteiger partial charge in [0, 0.05) is 35.7 Å². The van der Waals surface area contributed by atoms with Gasteiger partial charge in [0.2, 0.25) is 0 Å². The van der Waals surface area contributed by atoms with Crippen LogP contribution in [0.3, 0.4) is 0 Å². The number of anilines is 3. The molecule has 0 radical (unpaired) electrons. The minimum atomic E-state index is -0.510. The summed E-state index contributed by atoms with van der Waals surface area (Å²) in [5.41, 5.74) is 2.82. The van der Waals surface area contributed by atoms with Crippen LogP contribution in [0.4, 0.5) is 21.9 Å². The van der Waals surface area contributed by atoms with Gasteiger partial charge in [0.15, 0.2) is 0 Å². The van der Waals surface area contributed by atoms with Crippen molar-refractivity contribution in [1.82, 2.24) is 0 Å². The average molecular weight is 383 g/mol. The number of benzene rings is 2. The van der Waals surface area contributed by atoms with Crippen molar-refractivity contribution in [3.63, 3.8) is 0 Å². The van der Waals surface area contributed by atoms with Gasteiger partial charge in [0.1, 0.15) is 0 Å². The first-order valence-electron chi connectivity index (χ1n) is 9.63. The van der Waals surface area contributed by atoms with Gasteiger partial charge in [-0.15, -0.1) is 0 Å². The highest BCUT2D eigenvalue weighted by Gasteiger charge is 2.09. The molecular weight excluding hydrogens is 354 g/mol. The monoisotopic (exact) mass is 383 g/mol. The first-order valence-corrected chi connectivity index (χ1v) is 9.63. The molecule has 0 saturated carbocycles. The Bertz CT molecular complexity index is 784. The molecular formula is C22H29N3O3. The van der Waals surface area contributed by atoms with E-state index in [0.29, 0.717) is 23.5 Å². The third-order valence-corrected chi connectivity index (χ3v) is 4.17. The van der Waals surface area contributed by atoms with Crippen molar-refractivity contribution in [3.8, 4) is 0 Å². The summed E-state index contributed by atoms with van der Waals surface area (Å²) < 4.78 is 5.11. The second kappa shape index (κ2) is 10.3. The van der Waals surface area contributed by atoms with Crippen molar-refractivity contribution < 1.29 is 14.3 Å². The number of hydrogen-bond donors (Lipinski definition) is 2. The molecule has 2 rings (SSSR count). The number of ether oxygens (including phenoxy) is 1. The van der Waals surface area contributed by atoms with Crippen LogP contribution in [0.2, 0.25) is 0 Å². The summed E-state index contributed by atoms with van der Waals surface area (Å²) in [6.07, 6.45) is -0.510. The zero-order valence-corrected chi connectivity index (χ0v) is 17.0. The first kappa shape index (κ1) is 21.3. The maximum atomic E-state index is 12.5. The highest BCUT2D eigenvalue weighted by Crippen LogP contribution is 2.18. The molecule has 0 aliphatic heterocycles. The molecule has 0 aliphatic rings. The van der Waals surface area contributed by atoms with E-state index in [1.165, 1.54) is 0 Å². The van der Waals surface area contributed by atoms with Crippen LogP contribution in [0.15, 0.2) is 48.5 Å². The maximum absolute atomic E-state index is 12.5. The SMILES string of the molecule is CCN(CC)c1ccc(C(=O)Nc2cccc(NC(=O)OCC(C)C)c2)cc1. The van der Waals surface area contributed by atoms with Gasteiger partial charge in [-0.2, -0.15) is 0 Å². The molecule has 0 atom stereocenters. The normalized spacial score (nSPS) is 10.5. The molecule has 0 saturated heterocycles. The third-order valence-electron chi connectivity index (χ3n) is 4.17. The second-order valence-electron chi connectivity index (χ2n) is 6.87. The summed E-state index contributed by atoms with van der Waals surface area (Å²) in [5.74, 6) is 0.0649. The molecule has 28 heavy (non-hydrogen) atoms. The summed E-state index contributed by atoms with van der Waals surface area (Å²) in [5, 5.41) is 5.52. The Hall–Kier alpha value is -3.02. The predicted octanol–water partition coefficient (Wildman–Crippen LogP) is 4.99. The molecule has 2 N–H and O–H groups in total. The summed E-state index contributed by atoms with van der Waals surface area (Å²) in [4.78, 5) is 26.5. The Morgan fingerprint density at radius 2 is 1.57 bits per heavy atom. The van der Waals surface area contributed by atoms with Gasteiger partial charge < -0.3 is 15.0 Å². The van der Waals surface area contributed by atoms with Crippen LogP contribution in [0.1, 0.15) is 38.1 Å². The second-order valence-corrected chi connectivity index (χ2v) is 6.87. The predicted molar refractivity (Wildman–Crippen MR) is 114 cm³/mol. The zero-order valence-electron chi connectivity index (χ0n) is 17.0. The number of carbonyl (C=O) groups is 2. The smallest absolute Gasteiger partial charge is 0.411 e. The standard InChI is InChI=1S/C22H29N3O3/c1-5-25(6-2)20-12-10-17(11-13-20)21(26)23-18-8-7-9-19(14-18)24-22(27)28-15-16(3)4/h7-14,16H,5-6,15H2,1-4H3,(H,23,26)(H,24,27). The van der Waals surface area contributed by atoms with Crippen LogP contribution in [0.5, 0.6) is 0 Å². The Balaban J connectivity index is 1.99. The fraction of sp³-hybridized carbons (Fsp3) is 0.364. The minimum Gasteiger partial charge on any atom is -0.449 e. The number of amides is 2. The number of nitrogens with zero attached hydrogens (tertiary/aromatic N) is 1. The van der Waals surface area contributed by atoms with Crippen molar-refractivity contribution in [3.05, 3.63) is 54.1 Å². The van der Waals surface area contributed by atoms with Crippen molar-refractivity contribution in [2.45, 2.75) is 27.7 Å². The van der Waals surface area contributed by atoms with Gasteiger partial charge in [-0.3, -0.25) is 10.1 Å². The lowest BCUT2D eigenvalue weighted by molar-refractivity contribution is 0.102. The summed E-state index contributed by atoms with van der Waals surface area (Å²) in [6, 6.07) is 14.5. The molecule has 0 heterocycles. The molecule has 0 aliphatic carbocycles. The maximum Gasteiger partial charge on any atom is 0.411 e. The van der Waals surface area contributed by atoms with E-state index in [0.717, 1.165) is 18.8 Å². The summed E-state index contributed by atoms with van der Waals surface area (Å²) >= 11 is 0. The van der Waals surface area contributed by atoms with Gasteiger partial charge >= 0.3 is 6.09 Å². The lowest BCUT2D eigenvalue weighted by Crippen LogP contribution is -2.21. The molecule has 0 aromatic heterocycles. The van der Waals surface area contributed by atoms with Gasteiger partial charge in [-0.05, 0) is 62.2 Å². The lowest BCUT2D eigenvalue weighted by Gasteiger charge is -2.21. The van der Waals surface area contributed by atoms with Crippen LogP contribution in [-0.4, -0.2) is 31.7 Å². The number of rotatable bonds is 8.